The number of rotatable bonds is 26. The van der Waals surface area contributed by atoms with E-state index in [1.54, 1.807) is 115 Å². The Hall–Kier alpha value is -10.6. The van der Waals surface area contributed by atoms with Gasteiger partial charge >= 0.3 is 36.1 Å². The number of ether oxygens (including phenoxy) is 8. The van der Waals surface area contributed by atoms with Crippen molar-refractivity contribution >= 4 is 65.3 Å². The van der Waals surface area contributed by atoms with Gasteiger partial charge in [-0.3, -0.25) is 28.8 Å². The van der Waals surface area contributed by atoms with Crippen LogP contribution in [0.25, 0.3) is 0 Å². The third-order valence-electron chi connectivity index (χ3n) is 19.9. The highest BCUT2D eigenvalue weighted by Crippen LogP contribution is 2.64. The van der Waals surface area contributed by atoms with Gasteiger partial charge in [0.2, 0.25) is 17.9 Å². The Balaban J connectivity index is 0.937. The van der Waals surface area contributed by atoms with Crippen LogP contribution in [0.3, 0.4) is 0 Å². The van der Waals surface area contributed by atoms with E-state index in [2.05, 4.69) is 21.3 Å². The Morgan fingerprint density at radius 1 is 0.650 bits per heavy atom. The van der Waals surface area contributed by atoms with Gasteiger partial charge < -0.3 is 75.1 Å². The van der Waals surface area contributed by atoms with Crippen LogP contribution in [0.5, 0.6) is 0 Å². The highest BCUT2D eigenvalue weighted by molar-refractivity contribution is 5.99. The number of carbonyl (C=O) groups excluding carboxylic acids is 10. The van der Waals surface area contributed by atoms with Crippen molar-refractivity contribution in [3.8, 4) is 0 Å². The molecule has 0 aromatic heterocycles. The van der Waals surface area contributed by atoms with E-state index in [4.69, 9.17) is 43.6 Å². The van der Waals surface area contributed by atoms with Crippen LogP contribution in [-0.2, 0) is 86.3 Å². The first-order valence-corrected chi connectivity index (χ1v) is 34.0. The molecule has 1 saturated heterocycles. The topological polar surface area (TPSA) is 359 Å². The number of anilines is 1. The standard InChI is InChI=1S/C78H85N5O20/c1-46-58(42-78(95)67(102-71(91)54-32-20-11-21-33-54)65-76(6,59(86)41-60-77(65,45-98-60)103-48(3)85)66(87)63(99-47(2)84)61(46)75(78,4)5)100-72(92)64(62(52-28-16-9-17-29-52)83-68(88)53-30-18-10-19-31-53)101-74(94)97-44-51-35-37-55(38-36-51)80-69(89)56(34-22-23-39-79)81-70(90)57(40-49-24-12-7-13-25-49)82-73(93)96-43-50-26-14-8-15-27-50/h7-21,24-33,35-38,56-60,62-65,67,86,95H,22-23,34,39-45,79H2,1-6H3,(H,80,89)(H,81,90)(H,82,93)(H,83,88)/t56?,57-,58?,59?,60?,62?,63?,64?,65?,67?,76+,77?,78?/m0/s1. The van der Waals surface area contributed by atoms with Crippen LogP contribution in [0.1, 0.15) is 123 Å². The third kappa shape index (κ3) is 16.7. The molecular formula is C78H85N5O20. The van der Waals surface area contributed by atoms with Gasteiger partial charge in [0.15, 0.2) is 17.5 Å². The lowest BCUT2D eigenvalue weighted by Crippen LogP contribution is -2.82. The molecule has 103 heavy (non-hydrogen) atoms. The maximum atomic E-state index is 16.0. The molecule has 4 amide bonds. The number of ketones is 1. The second-order valence-corrected chi connectivity index (χ2v) is 27.0. The van der Waals surface area contributed by atoms with Crippen LogP contribution in [0.4, 0.5) is 15.3 Å². The summed E-state index contributed by atoms with van der Waals surface area (Å²) in [7, 11) is 0. The van der Waals surface area contributed by atoms with Gasteiger partial charge in [-0.1, -0.05) is 153 Å². The van der Waals surface area contributed by atoms with Crippen molar-refractivity contribution in [2.24, 2.45) is 22.5 Å². The molecule has 2 saturated carbocycles. The van der Waals surface area contributed by atoms with Crippen molar-refractivity contribution in [3.05, 3.63) is 220 Å². The summed E-state index contributed by atoms with van der Waals surface area (Å²) < 4.78 is 48.3. The van der Waals surface area contributed by atoms with Gasteiger partial charge in [-0.05, 0) is 109 Å². The molecule has 4 aliphatic rings. The number of hydrogen-bond acceptors (Lipinski definition) is 21. The average Bonchev–Trinajstić information content (AvgIpc) is 0.669. The summed E-state index contributed by atoms with van der Waals surface area (Å²) in [5.41, 5.74) is -0.200. The molecule has 542 valence electrons. The molecule has 0 radical (unpaired) electrons. The first-order valence-electron chi connectivity index (χ1n) is 34.0. The molecule has 1 aliphatic heterocycles. The number of aliphatic hydroxyl groups excluding tert-OH is 1. The summed E-state index contributed by atoms with van der Waals surface area (Å²) in [6.07, 6.45) is -12.6. The van der Waals surface area contributed by atoms with Crippen LogP contribution in [0, 0.1) is 16.7 Å². The molecule has 11 unspecified atom stereocenters. The minimum atomic E-state index is -2.56. The Morgan fingerprint density at radius 3 is 1.83 bits per heavy atom. The Bertz CT molecular complexity index is 4090. The monoisotopic (exact) mass is 1410 g/mol. The van der Waals surface area contributed by atoms with Crippen molar-refractivity contribution in [2.45, 2.75) is 159 Å². The maximum absolute atomic E-state index is 16.0. The Morgan fingerprint density at radius 2 is 1.23 bits per heavy atom. The molecule has 1 heterocycles. The van der Waals surface area contributed by atoms with Crippen molar-refractivity contribution in [2.75, 3.05) is 18.5 Å². The smallest absolute Gasteiger partial charge is 0.455 e. The van der Waals surface area contributed by atoms with Crippen molar-refractivity contribution in [1.29, 1.82) is 0 Å². The predicted molar refractivity (Wildman–Crippen MR) is 370 cm³/mol. The number of fused-ring (bicyclic) bond motifs is 5. The van der Waals surface area contributed by atoms with E-state index in [1.807, 2.05) is 12.1 Å². The largest absolute Gasteiger partial charge is 0.509 e. The molecule has 3 aliphatic carbocycles. The molecule has 13 atom stereocenters. The number of amides is 4. The molecule has 8 N–H and O–H groups in total. The fourth-order valence-electron chi connectivity index (χ4n) is 14.5. The van der Waals surface area contributed by atoms with E-state index >= 15 is 9.59 Å². The van der Waals surface area contributed by atoms with Gasteiger partial charge in [0.25, 0.3) is 5.91 Å². The lowest BCUT2D eigenvalue weighted by molar-refractivity contribution is -0.346. The number of Topliss-reactive ketones (excluding diaryl/α,β-unsaturated/α-hetero) is 1. The van der Waals surface area contributed by atoms with Crippen LogP contribution in [-0.4, -0.2) is 143 Å². The Labute approximate surface area is 595 Å². The van der Waals surface area contributed by atoms with Gasteiger partial charge in [0.05, 0.1) is 29.6 Å². The zero-order chi connectivity index (χ0) is 73.8. The third-order valence-corrected chi connectivity index (χ3v) is 19.9. The summed E-state index contributed by atoms with van der Waals surface area (Å²) in [5.74, 6) is -8.74. The number of carbonyl (C=O) groups is 10. The molecule has 10 rings (SSSR count). The van der Waals surface area contributed by atoms with Crippen molar-refractivity contribution in [1.82, 2.24) is 16.0 Å². The minimum absolute atomic E-state index is 0.00224. The fraction of sp³-hybridized carbons (Fsp3) is 0.385. The van der Waals surface area contributed by atoms with E-state index < -0.39 is 162 Å². The average molecular weight is 1410 g/mol. The summed E-state index contributed by atoms with van der Waals surface area (Å²) in [6.45, 7) is 7.44. The lowest BCUT2D eigenvalue weighted by Gasteiger charge is -2.67. The summed E-state index contributed by atoms with van der Waals surface area (Å²) in [6, 6.07) is 43.9. The number of aliphatic hydroxyl groups is 2. The van der Waals surface area contributed by atoms with E-state index in [1.165, 1.54) is 76.2 Å². The molecule has 6 aromatic carbocycles. The number of nitrogens with two attached hydrogens (primary N) is 1. The van der Waals surface area contributed by atoms with E-state index in [9.17, 15) is 48.6 Å². The van der Waals surface area contributed by atoms with Crippen LogP contribution in [0.15, 0.2) is 187 Å². The van der Waals surface area contributed by atoms with E-state index in [0.717, 1.165) is 25.0 Å². The zero-order valence-electron chi connectivity index (χ0n) is 57.9. The summed E-state index contributed by atoms with van der Waals surface area (Å²) >= 11 is 0. The van der Waals surface area contributed by atoms with Gasteiger partial charge in [-0.25, -0.2) is 19.2 Å². The molecule has 25 nitrogen and oxygen atoms in total. The second-order valence-electron chi connectivity index (χ2n) is 27.0. The zero-order valence-corrected chi connectivity index (χ0v) is 57.9. The van der Waals surface area contributed by atoms with E-state index in [0.29, 0.717) is 24.9 Å². The molecule has 25 heteroatoms. The number of nitrogens with one attached hydrogen (secondary N) is 4. The van der Waals surface area contributed by atoms with Gasteiger partial charge in [-0.2, -0.15) is 0 Å². The highest BCUT2D eigenvalue weighted by Gasteiger charge is 2.78. The molecule has 3 fully saturated rings. The number of unbranched alkanes of at least 4 members (excludes halogenated alkanes) is 1. The van der Waals surface area contributed by atoms with Crippen LogP contribution >= 0.6 is 0 Å². The van der Waals surface area contributed by atoms with Gasteiger partial charge in [-0.15, -0.1) is 0 Å². The Kier molecular flexibility index (Phi) is 23.8. The normalized spacial score (nSPS) is 24.1. The summed E-state index contributed by atoms with van der Waals surface area (Å²) in [4.78, 5) is 143. The molecule has 2 bridgehead atoms. The van der Waals surface area contributed by atoms with Gasteiger partial charge in [0, 0.05) is 49.8 Å². The first-order chi connectivity index (χ1) is 49.3. The number of alkyl carbamates (subject to hydrolysis) is 1. The SMILES string of the molecule is CC(=O)OC1C(=O)[C@]2(C)C(O)CC3OCC3(OC(C)=O)C2C(OC(=O)c2ccccc2)C2(O)CC(OC(=O)C(OC(=O)OCc3ccc(NC(=O)C(CCCCN)NC(=O)[C@H](Cc4ccccc4)NC(=O)OCc4ccccc4)cc3)C(NC(=O)c3ccccc3)c3ccccc3)C(C)=C1C2(C)C. The van der Waals surface area contributed by atoms with Crippen molar-refractivity contribution < 1.29 is 96.1 Å². The number of hydrogen-bond donors (Lipinski definition) is 7. The van der Waals surface area contributed by atoms with Gasteiger partial charge in [0.1, 0.15) is 55.3 Å². The maximum Gasteiger partial charge on any atom is 0.509 e. The quantitative estimate of drug-likeness (QED) is 0.0116. The minimum Gasteiger partial charge on any atom is -0.455 e. The summed E-state index contributed by atoms with van der Waals surface area (Å²) in [5, 5.41) is 37.7. The number of esters is 4. The number of benzene rings is 6. The van der Waals surface area contributed by atoms with E-state index in [-0.39, 0.29) is 59.4 Å². The fourth-order valence-corrected chi connectivity index (χ4v) is 14.5. The lowest BCUT2D eigenvalue weighted by atomic mass is 9.44. The van der Waals surface area contributed by atoms with Crippen molar-refractivity contribution in [3.63, 3.8) is 0 Å². The van der Waals surface area contributed by atoms with Crippen LogP contribution < -0.4 is 27.0 Å². The molecular weight excluding hydrogens is 1330 g/mol. The highest BCUT2D eigenvalue weighted by atomic mass is 16.7. The first kappa shape index (κ1) is 75.1. The molecule has 6 aromatic rings. The molecule has 0 spiro atoms. The van der Waals surface area contributed by atoms with Crippen LogP contribution in [0.2, 0.25) is 0 Å². The second kappa shape index (κ2) is 32.6. The predicted octanol–water partition coefficient (Wildman–Crippen LogP) is 8.19.